The van der Waals surface area contributed by atoms with Crippen LogP contribution in [-0.2, 0) is 19.6 Å². The molecular formula is C17H24N2O4S. The number of rotatable bonds is 4. The third kappa shape index (κ3) is 3.63. The fraction of sp³-hybridized carbons (Fsp3) is 0.588. The van der Waals surface area contributed by atoms with Crippen LogP contribution in [0.15, 0.2) is 29.2 Å². The summed E-state index contributed by atoms with van der Waals surface area (Å²) in [6, 6.07) is 6.38. The molecule has 2 aliphatic rings. The summed E-state index contributed by atoms with van der Waals surface area (Å²) < 4.78 is 32.6. The summed E-state index contributed by atoms with van der Waals surface area (Å²) in [5, 5.41) is 2.84. The van der Waals surface area contributed by atoms with Gasteiger partial charge >= 0.3 is 0 Å². The molecule has 1 amide bonds. The number of hydrogen-bond donors (Lipinski definition) is 1. The quantitative estimate of drug-likeness (QED) is 0.900. The first-order valence-electron chi connectivity index (χ1n) is 8.34. The van der Waals surface area contributed by atoms with Crippen molar-refractivity contribution in [1.29, 1.82) is 0 Å². The molecule has 1 heterocycles. The maximum Gasteiger partial charge on any atom is 0.243 e. The largest absolute Gasteiger partial charge is 0.373 e. The number of sulfonamides is 1. The number of carbonyl (C=O) groups is 1. The van der Waals surface area contributed by atoms with Gasteiger partial charge in [-0.1, -0.05) is 6.92 Å². The zero-order chi connectivity index (χ0) is 17.5. The van der Waals surface area contributed by atoms with Crippen molar-refractivity contribution in [3.05, 3.63) is 24.3 Å². The summed E-state index contributed by atoms with van der Waals surface area (Å²) in [6.45, 7) is 6.49. The van der Waals surface area contributed by atoms with Gasteiger partial charge in [0.2, 0.25) is 15.9 Å². The van der Waals surface area contributed by atoms with Crippen LogP contribution in [0, 0.1) is 11.8 Å². The third-order valence-corrected chi connectivity index (χ3v) is 6.44. The van der Waals surface area contributed by atoms with E-state index in [0.717, 1.165) is 6.42 Å². The van der Waals surface area contributed by atoms with Crippen molar-refractivity contribution in [2.45, 2.75) is 44.3 Å². The van der Waals surface area contributed by atoms with Crippen LogP contribution in [-0.4, -0.2) is 43.9 Å². The maximum absolute atomic E-state index is 12.8. The average molecular weight is 352 g/mol. The fourth-order valence-corrected chi connectivity index (χ4v) is 4.70. The van der Waals surface area contributed by atoms with Crippen LogP contribution in [0.2, 0.25) is 0 Å². The van der Waals surface area contributed by atoms with Gasteiger partial charge in [0.1, 0.15) is 0 Å². The van der Waals surface area contributed by atoms with Crippen LogP contribution >= 0.6 is 0 Å². The minimum absolute atomic E-state index is 0.00827. The Hall–Kier alpha value is -1.44. The molecule has 1 aliphatic heterocycles. The number of carbonyl (C=O) groups excluding carboxylic acids is 1. The van der Waals surface area contributed by atoms with Crippen LogP contribution in [0.1, 0.15) is 27.2 Å². The highest BCUT2D eigenvalue weighted by Crippen LogP contribution is 2.38. The number of anilines is 1. The van der Waals surface area contributed by atoms with Gasteiger partial charge < -0.3 is 10.1 Å². The van der Waals surface area contributed by atoms with Gasteiger partial charge in [0, 0.05) is 24.7 Å². The highest BCUT2D eigenvalue weighted by Gasteiger charge is 2.39. The monoisotopic (exact) mass is 352 g/mol. The summed E-state index contributed by atoms with van der Waals surface area (Å²) in [4.78, 5) is 12.2. The van der Waals surface area contributed by atoms with Crippen molar-refractivity contribution in [1.82, 2.24) is 4.31 Å². The van der Waals surface area contributed by atoms with E-state index >= 15 is 0 Å². The third-order valence-electron chi connectivity index (χ3n) is 4.59. The van der Waals surface area contributed by atoms with Crippen molar-refractivity contribution in [2.75, 3.05) is 18.4 Å². The highest BCUT2D eigenvalue weighted by atomic mass is 32.2. The summed E-state index contributed by atoms with van der Waals surface area (Å²) in [6.07, 6.45) is 0.677. The van der Waals surface area contributed by atoms with Crippen LogP contribution in [0.5, 0.6) is 0 Å². The van der Waals surface area contributed by atoms with Crippen LogP contribution in [0.25, 0.3) is 0 Å². The van der Waals surface area contributed by atoms with Crippen molar-refractivity contribution >= 4 is 21.6 Å². The molecular weight excluding hydrogens is 328 g/mol. The topological polar surface area (TPSA) is 75.7 Å². The Morgan fingerprint density at radius 2 is 1.67 bits per heavy atom. The molecule has 0 bridgehead atoms. The lowest BCUT2D eigenvalue weighted by molar-refractivity contribution is -0.117. The molecule has 1 N–H and O–H groups in total. The second-order valence-electron chi connectivity index (χ2n) is 6.91. The Morgan fingerprint density at radius 3 is 2.17 bits per heavy atom. The molecule has 2 fully saturated rings. The number of benzene rings is 1. The molecule has 1 aromatic carbocycles. The first-order valence-corrected chi connectivity index (χ1v) is 9.78. The number of morpholine rings is 1. The normalized spacial score (nSPS) is 30.8. The second-order valence-corrected chi connectivity index (χ2v) is 8.85. The van der Waals surface area contributed by atoms with Gasteiger partial charge in [0.25, 0.3) is 0 Å². The van der Waals surface area contributed by atoms with Gasteiger partial charge in [-0.3, -0.25) is 4.79 Å². The Bertz CT molecular complexity index is 707. The number of nitrogens with zero attached hydrogens (tertiary/aromatic N) is 1. The molecule has 3 rings (SSSR count). The second kappa shape index (κ2) is 6.46. The minimum atomic E-state index is -3.55. The Kier molecular flexibility index (Phi) is 4.68. The predicted molar refractivity (Wildman–Crippen MR) is 91.1 cm³/mol. The maximum atomic E-state index is 12.8. The van der Waals surface area contributed by atoms with Crippen LogP contribution < -0.4 is 5.32 Å². The molecule has 0 spiro atoms. The van der Waals surface area contributed by atoms with E-state index in [-0.39, 0.29) is 28.9 Å². The fourth-order valence-electron chi connectivity index (χ4n) is 3.11. The molecule has 7 heteroatoms. The Morgan fingerprint density at radius 1 is 1.12 bits per heavy atom. The lowest BCUT2D eigenvalue weighted by Gasteiger charge is -2.34. The van der Waals surface area contributed by atoms with E-state index < -0.39 is 10.0 Å². The van der Waals surface area contributed by atoms with Crippen molar-refractivity contribution in [3.63, 3.8) is 0 Å². The zero-order valence-electron chi connectivity index (χ0n) is 14.2. The van der Waals surface area contributed by atoms with Crippen LogP contribution in [0.3, 0.4) is 0 Å². The number of hydrogen-bond acceptors (Lipinski definition) is 4. The summed E-state index contributed by atoms with van der Waals surface area (Å²) >= 11 is 0. The zero-order valence-corrected chi connectivity index (χ0v) is 15.0. The summed E-state index contributed by atoms with van der Waals surface area (Å²) in [7, 11) is -3.55. The van der Waals surface area contributed by atoms with Crippen LogP contribution in [0.4, 0.5) is 5.69 Å². The molecule has 4 atom stereocenters. The van der Waals surface area contributed by atoms with Gasteiger partial charge in [-0.05, 0) is 50.5 Å². The van der Waals surface area contributed by atoms with E-state index in [1.807, 2.05) is 20.8 Å². The van der Waals surface area contributed by atoms with E-state index in [9.17, 15) is 13.2 Å². The first kappa shape index (κ1) is 17.4. The Balaban J connectivity index is 1.71. The van der Waals surface area contributed by atoms with Gasteiger partial charge in [0.15, 0.2) is 0 Å². The number of amides is 1. The van der Waals surface area contributed by atoms with Crippen molar-refractivity contribution in [3.8, 4) is 0 Å². The lowest BCUT2D eigenvalue weighted by Crippen LogP contribution is -2.48. The highest BCUT2D eigenvalue weighted by molar-refractivity contribution is 7.89. The van der Waals surface area contributed by atoms with Gasteiger partial charge in [0.05, 0.1) is 17.1 Å². The van der Waals surface area contributed by atoms with Gasteiger partial charge in [-0.25, -0.2) is 8.42 Å². The summed E-state index contributed by atoms with van der Waals surface area (Å²) in [5.41, 5.74) is 0.627. The number of ether oxygens (including phenoxy) is 1. The lowest BCUT2D eigenvalue weighted by atomic mass is 10.3. The van der Waals surface area contributed by atoms with Crippen molar-refractivity contribution < 1.29 is 17.9 Å². The summed E-state index contributed by atoms with van der Waals surface area (Å²) in [5.74, 6) is 0.536. The van der Waals surface area contributed by atoms with E-state index in [2.05, 4.69) is 5.32 Å². The molecule has 24 heavy (non-hydrogen) atoms. The standard InChI is InChI=1S/C17H24N2O4S/c1-11-8-16(11)17(20)18-14-4-6-15(7-5-14)24(21,22)19-9-12(2)23-13(3)10-19/h4-7,11-13,16H,8-10H2,1-3H3,(H,18,20). The van der Waals surface area contributed by atoms with Gasteiger partial charge in [-0.15, -0.1) is 0 Å². The smallest absolute Gasteiger partial charge is 0.243 e. The Labute approximate surface area is 143 Å². The molecule has 1 saturated heterocycles. The molecule has 0 radical (unpaired) electrons. The van der Waals surface area contributed by atoms with E-state index in [1.54, 1.807) is 24.3 Å². The number of nitrogens with one attached hydrogen (secondary N) is 1. The molecule has 1 saturated carbocycles. The molecule has 1 aliphatic carbocycles. The average Bonchev–Trinajstić information content (AvgIpc) is 3.24. The molecule has 4 unspecified atom stereocenters. The van der Waals surface area contributed by atoms with E-state index in [4.69, 9.17) is 4.74 Å². The molecule has 6 nitrogen and oxygen atoms in total. The first-order chi connectivity index (χ1) is 11.3. The van der Waals surface area contributed by atoms with Crippen molar-refractivity contribution in [2.24, 2.45) is 11.8 Å². The molecule has 0 aromatic heterocycles. The van der Waals surface area contributed by atoms with E-state index in [1.165, 1.54) is 4.31 Å². The molecule has 132 valence electrons. The molecule has 1 aromatic rings. The van der Waals surface area contributed by atoms with Gasteiger partial charge in [-0.2, -0.15) is 4.31 Å². The minimum Gasteiger partial charge on any atom is -0.373 e. The van der Waals surface area contributed by atoms with E-state index in [0.29, 0.717) is 24.7 Å². The SMILES string of the molecule is CC1CN(S(=O)(=O)c2ccc(NC(=O)C3CC3C)cc2)CC(C)O1. The predicted octanol–water partition coefficient (Wildman–Crippen LogP) is 2.08.